The fourth-order valence-corrected chi connectivity index (χ4v) is 4.95. The lowest BCUT2D eigenvalue weighted by atomic mass is 9.93. The van der Waals surface area contributed by atoms with E-state index in [1.807, 2.05) is 41.3 Å². The maximum atomic E-state index is 13.4. The standard InChI is InChI=1S/C27H35N3O5.ClH/c1-33-23-8-6-22(7-9-23)28-26(31)11-13-29-12-4-5-20(17-29)27(32)30-14-10-19-15-24(34-2)25(35-3)16-21(19)18-30;/h6-9,15-16,20H,4-5,10-14,17-18H2,1-3H3,(H,28,31);1H. The van der Waals surface area contributed by atoms with Crippen molar-refractivity contribution in [3.8, 4) is 17.2 Å². The highest BCUT2D eigenvalue weighted by atomic mass is 35.5. The van der Waals surface area contributed by atoms with E-state index in [-0.39, 0.29) is 30.1 Å². The second kappa shape index (κ2) is 12.8. The number of likely N-dealkylation sites (tertiary alicyclic amines) is 1. The Balaban J connectivity index is 0.00000361. The van der Waals surface area contributed by atoms with Crippen LogP contribution in [0.5, 0.6) is 17.2 Å². The third-order valence-corrected chi connectivity index (χ3v) is 6.91. The molecular formula is C27H36ClN3O5. The minimum Gasteiger partial charge on any atom is -0.497 e. The van der Waals surface area contributed by atoms with Crippen molar-refractivity contribution in [2.24, 2.45) is 5.92 Å². The van der Waals surface area contributed by atoms with E-state index in [9.17, 15) is 9.59 Å². The van der Waals surface area contributed by atoms with Crippen molar-refractivity contribution in [1.82, 2.24) is 9.80 Å². The van der Waals surface area contributed by atoms with Gasteiger partial charge >= 0.3 is 0 Å². The molecule has 0 bridgehead atoms. The number of ether oxygens (including phenoxy) is 3. The van der Waals surface area contributed by atoms with Crippen LogP contribution in [0.2, 0.25) is 0 Å². The average molecular weight is 518 g/mol. The molecule has 36 heavy (non-hydrogen) atoms. The van der Waals surface area contributed by atoms with Gasteiger partial charge in [0.05, 0.1) is 27.2 Å². The van der Waals surface area contributed by atoms with Crippen molar-refractivity contribution >= 4 is 29.9 Å². The molecule has 1 N–H and O–H groups in total. The second-order valence-electron chi connectivity index (χ2n) is 9.15. The molecule has 1 saturated heterocycles. The molecule has 0 aliphatic carbocycles. The van der Waals surface area contributed by atoms with E-state index in [1.165, 1.54) is 5.56 Å². The summed E-state index contributed by atoms with van der Waals surface area (Å²) in [5, 5.41) is 2.93. The maximum absolute atomic E-state index is 13.4. The summed E-state index contributed by atoms with van der Waals surface area (Å²) >= 11 is 0. The molecule has 2 aliphatic rings. The summed E-state index contributed by atoms with van der Waals surface area (Å²) in [6, 6.07) is 11.3. The first kappa shape index (κ1) is 27.6. The number of carbonyl (C=O) groups excluding carboxylic acids is 2. The Hall–Kier alpha value is -2.97. The normalized spacial score (nSPS) is 17.4. The van der Waals surface area contributed by atoms with E-state index in [0.717, 1.165) is 48.6 Å². The molecule has 2 amide bonds. The summed E-state index contributed by atoms with van der Waals surface area (Å²) in [5.41, 5.74) is 3.08. The molecule has 0 saturated carbocycles. The number of amides is 2. The highest BCUT2D eigenvalue weighted by Crippen LogP contribution is 2.34. The van der Waals surface area contributed by atoms with Crippen LogP contribution in [-0.4, -0.2) is 69.1 Å². The largest absolute Gasteiger partial charge is 0.497 e. The Morgan fingerprint density at radius 2 is 1.67 bits per heavy atom. The average Bonchev–Trinajstić information content (AvgIpc) is 2.91. The zero-order valence-electron chi connectivity index (χ0n) is 21.2. The Morgan fingerprint density at radius 1 is 0.972 bits per heavy atom. The number of nitrogens with zero attached hydrogens (tertiary/aromatic N) is 2. The number of halogens is 1. The van der Waals surface area contributed by atoms with Gasteiger partial charge in [0.1, 0.15) is 5.75 Å². The molecule has 2 aliphatic heterocycles. The van der Waals surface area contributed by atoms with Gasteiger partial charge in [-0.3, -0.25) is 9.59 Å². The van der Waals surface area contributed by atoms with Crippen LogP contribution in [0.25, 0.3) is 0 Å². The summed E-state index contributed by atoms with van der Waals surface area (Å²) in [6.07, 6.45) is 3.06. The van der Waals surface area contributed by atoms with Crippen molar-refractivity contribution in [1.29, 1.82) is 0 Å². The Morgan fingerprint density at radius 3 is 2.33 bits per heavy atom. The first-order chi connectivity index (χ1) is 17.0. The maximum Gasteiger partial charge on any atom is 0.227 e. The van der Waals surface area contributed by atoms with E-state index in [1.54, 1.807) is 21.3 Å². The third-order valence-electron chi connectivity index (χ3n) is 6.91. The van der Waals surface area contributed by atoms with E-state index in [2.05, 4.69) is 10.2 Å². The number of nitrogens with one attached hydrogen (secondary N) is 1. The second-order valence-corrected chi connectivity index (χ2v) is 9.15. The van der Waals surface area contributed by atoms with Crippen LogP contribution in [0.1, 0.15) is 30.4 Å². The third kappa shape index (κ3) is 6.62. The fraction of sp³-hybridized carbons (Fsp3) is 0.481. The van der Waals surface area contributed by atoms with Crippen LogP contribution < -0.4 is 19.5 Å². The first-order valence-electron chi connectivity index (χ1n) is 12.2. The quantitative estimate of drug-likeness (QED) is 0.574. The topological polar surface area (TPSA) is 80.3 Å². The monoisotopic (exact) mass is 517 g/mol. The van der Waals surface area contributed by atoms with Gasteiger partial charge in [-0.2, -0.15) is 0 Å². The van der Waals surface area contributed by atoms with Crippen molar-refractivity contribution in [2.75, 3.05) is 52.8 Å². The molecule has 1 fully saturated rings. The minimum atomic E-state index is -0.0323. The van der Waals surface area contributed by atoms with Crippen molar-refractivity contribution in [2.45, 2.75) is 32.2 Å². The number of benzene rings is 2. The van der Waals surface area contributed by atoms with Gasteiger partial charge in [-0.1, -0.05) is 0 Å². The first-order valence-corrected chi connectivity index (χ1v) is 12.2. The molecule has 1 atom stereocenters. The van der Waals surface area contributed by atoms with Gasteiger partial charge in [-0.15, -0.1) is 12.4 Å². The van der Waals surface area contributed by atoms with E-state index >= 15 is 0 Å². The smallest absolute Gasteiger partial charge is 0.227 e. The molecule has 2 aromatic rings. The zero-order valence-corrected chi connectivity index (χ0v) is 22.1. The Labute approximate surface area is 219 Å². The van der Waals surface area contributed by atoms with Gasteiger partial charge in [-0.05, 0) is 73.3 Å². The minimum absolute atomic E-state index is 0. The van der Waals surface area contributed by atoms with Crippen molar-refractivity contribution < 1.29 is 23.8 Å². The van der Waals surface area contributed by atoms with E-state index < -0.39 is 0 Å². The molecule has 2 heterocycles. The molecule has 8 nitrogen and oxygen atoms in total. The van der Waals surface area contributed by atoms with Gasteiger partial charge in [0.15, 0.2) is 11.5 Å². The summed E-state index contributed by atoms with van der Waals surface area (Å²) in [7, 11) is 4.88. The molecule has 9 heteroatoms. The van der Waals surface area contributed by atoms with Gasteiger partial charge in [0.25, 0.3) is 0 Å². The molecule has 0 spiro atoms. The predicted octanol–water partition coefficient (Wildman–Crippen LogP) is 3.76. The molecule has 196 valence electrons. The summed E-state index contributed by atoms with van der Waals surface area (Å²) in [4.78, 5) is 30.0. The highest BCUT2D eigenvalue weighted by molar-refractivity contribution is 5.90. The lowest BCUT2D eigenvalue weighted by molar-refractivity contribution is -0.138. The van der Waals surface area contributed by atoms with Crippen LogP contribution in [0, 0.1) is 5.92 Å². The highest BCUT2D eigenvalue weighted by Gasteiger charge is 2.31. The van der Waals surface area contributed by atoms with Gasteiger partial charge in [0, 0.05) is 38.3 Å². The number of hydrogen-bond donors (Lipinski definition) is 1. The van der Waals surface area contributed by atoms with Crippen LogP contribution >= 0.6 is 12.4 Å². The number of piperidine rings is 1. The molecule has 0 radical (unpaired) electrons. The molecule has 4 rings (SSSR count). The fourth-order valence-electron chi connectivity index (χ4n) is 4.95. The summed E-state index contributed by atoms with van der Waals surface area (Å²) < 4.78 is 16.0. The SMILES string of the molecule is COc1ccc(NC(=O)CCN2CCCC(C(=O)N3CCc4cc(OC)c(OC)cc4C3)C2)cc1.Cl. The summed E-state index contributed by atoms with van der Waals surface area (Å²) in [5.74, 6) is 2.32. The molecular weight excluding hydrogens is 482 g/mol. The van der Waals surface area contributed by atoms with Crippen molar-refractivity contribution in [3.05, 3.63) is 47.5 Å². The molecule has 1 unspecified atom stereocenters. The van der Waals surface area contributed by atoms with Crippen LogP contribution in [0.3, 0.4) is 0 Å². The summed E-state index contributed by atoms with van der Waals surface area (Å²) in [6.45, 7) is 3.56. The van der Waals surface area contributed by atoms with Gasteiger partial charge in [0.2, 0.25) is 11.8 Å². The number of carbonyl (C=O) groups is 2. The number of fused-ring (bicyclic) bond motifs is 1. The molecule has 0 aromatic heterocycles. The van der Waals surface area contributed by atoms with Crippen LogP contribution in [-0.2, 0) is 22.6 Å². The van der Waals surface area contributed by atoms with Gasteiger partial charge in [-0.25, -0.2) is 0 Å². The lowest BCUT2D eigenvalue weighted by Gasteiger charge is -2.36. The van der Waals surface area contributed by atoms with Crippen LogP contribution in [0.15, 0.2) is 36.4 Å². The Kier molecular flexibility index (Phi) is 9.84. The van der Waals surface area contributed by atoms with E-state index in [0.29, 0.717) is 38.3 Å². The predicted molar refractivity (Wildman–Crippen MR) is 141 cm³/mol. The Bertz CT molecular complexity index is 1050. The zero-order chi connectivity index (χ0) is 24.8. The number of anilines is 1. The number of hydrogen-bond acceptors (Lipinski definition) is 6. The number of methoxy groups -OCH3 is 3. The van der Waals surface area contributed by atoms with Gasteiger partial charge < -0.3 is 29.3 Å². The molecule has 2 aromatic carbocycles. The lowest BCUT2D eigenvalue weighted by Crippen LogP contribution is -2.46. The number of rotatable bonds is 8. The van der Waals surface area contributed by atoms with Crippen molar-refractivity contribution in [3.63, 3.8) is 0 Å². The van der Waals surface area contributed by atoms with Crippen LogP contribution in [0.4, 0.5) is 5.69 Å². The van der Waals surface area contributed by atoms with E-state index in [4.69, 9.17) is 14.2 Å².